The second-order valence-electron chi connectivity index (χ2n) is 13.0. The van der Waals surface area contributed by atoms with Gasteiger partial charge in [0.15, 0.2) is 5.65 Å². The number of aryl methyl sites for hydroxylation is 2. The molecular formula is C37H48ClN7O2. The molecule has 0 radical (unpaired) electrons. The summed E-state index contributed by atoms with van der Waals surface area (Å²) in [6.07, 6.45) is 8.09. The normalized spacial score (nSPS) is 16.4. The summed E-state index contributed by atoms with van der Waals surface area (Å²) in [5.74, 6) is 0.722. The third kappa shape index (κ3) is 8.08. The van der Waals surface area contributed by atoms with E-state index in [0.717, 1.165) is 96.0 Å². The number of nitrogens with one attached hydrogen (secondary N) is 3. The maximum absolute atomic E-state index is 13.2. The molecular weight excluding hydrogens is 610 g/mol. The van der Waals surface area contributed by atoms with Crippen molar-refractivity contribution in [2.24, 2.45) is 5.92 Å². The molecule has 2 aromatic carbocycles. The third-order valence-electron chi connectivity index (χ3n) is 9.69. The number of halogens is 1. The van der Waals surface area contributed by atoms with Crippen LogP contribution < -0.4 is 16.0 Å². The Hall–Kier alpha value is -3.66. The highest BCUT2D eigenvalue weighted by Gasteiger charge is 2.22. The minimum atomic E-state index is -0.231. The SMILES string of the molecule is CCc1nc2c(cnn2CC)c(NC2CCOCC2)c1CNC(=O)NCc1ccc(Cl)c(-c2cccc(CC3CCN(C)CC3)c2)c1. The Morgan fingerprint density at radius 1 is 1.00 bits per heavy atom. The molecule has 2 aliphatic rings. The number of fused-ring (bicyclic) bond motifs is 1. The smallest absolute Gasteiger partial charge is 0.315 e. The number of hydrogen-bond acceptors (Lipinski definition) is 6. The molecule has 9 nitrogen and oxygen atoms in total. The number of benzene rings is 2. The zero-order chi connectivity index (χ0) is 32.8. The van der Waals surface area contributed by atoms with E-state index < -0.39 is 0 Å². The van der Waals surface area contributed by atoms with Gasteiger partial charge in [0.1, 0.15) is 0 Å². The molecule has 2 saturated heterocycles. The van der Waals surface area contributed by atoms with E-state index in [1.54, 1.807) is 0 Å². The van der Waals surface area contributed by atoms with E-state index in [4.69, 9.17) is 21.3 Å². The Morgan fingerprint density at radius 3 is 2.55 bits per heavy atom. The van der Waals surface area contributed by atoms with Crippen LogP contribution in [0.5, 0.6) is 0 Å². The number of anilines is 1. The van der Waals surface area contributed by atoms with E-state index in [1.807, 2.05) is 23.0 Å². The van der Waals surface area contributed by atoms with E-state index >= 15 is 0 Å². The molecule has 2 fully saturated rings. The van der Waals surface area contributed by atoms with Gasteiger partial charge < -0.3 is 25.6 Å². The van der Waals surface area contributed by atoms with Crippen molar-refractivity contribution in [1.82, 2.24) is 30.3 Å². The summed E-state index contributed by atoms with van der Waals surface area (Å²) >= 11 is 6.71. The number of carbonyl (C=O) groups excluding carboxylic acids is 1. The van der Waals surface area contributed by atoms with Crippen LogP contribution in [0.15, 0.2) is 48.7 Å². The fourth-order valence-corrected chi connectivity index (χ4v) is 7.11. The number of ether oxygens (including phenoxy) is 1. The predicted molar refractivity (Wildman–Crippen MR) is 190 cm³/mol. The summed E-state index contributed by atoms with van der Waals surface area (Å²) in [5.41, 5.74) is 8.29. The number of likely N-dealkylation sites (tertiary alicyclic amines) is 1. The number of nitrogens with zero attached hydrogens (tertiary/aromatic N) is 4. The van der Waals surface area contributed by atoms with Crippen molar-refractivity contribution in [3.63, 3.8) is 0 Å². The van der Waals surface area contributed by atoms with E-state index in [-0.39, 0.29) is 6.03 Å². The highest BCUT2D eigenvalue weighted by molar-refractivity contribution is 6.33. The monoisotopic (exact) mass is 657 g/mol. The first kappa shape index (κ1) is 33.2. The molecule has 3 N–H and O–H groups in total. The quantitative estimate of drug-likeness (QED) is 0.164. The standard InChI is InChI=1S/C37H48ClN7O2/c1-4-34-31(35(42-29-13-17-47-18-14-29)32-24-41-45(5-2)36(32)43-34)23-40-37(46)39-22-27-9-10-33(38)30(21-27)28-8-6-7-26(20-28)19-25-11-15-44(3)16-12-25/h6-10,20-21,24-25,29H,4-5,11-19,22-23H2,1-3H3,(H,42,43)(H2,39,40,46). The summed E-state index contributed by atoms with van der Waals surface area (Å²) in [4.78, 5) is 20.6. The summed E-state index contributed by atoms with van der Waals surface area (Å²) in [5, 5.41) is 16.2. The second-order valence-corrected chi connectivity index (χ2v) is 13.4. The van der Waals surface area contributed by atoms with Gasteiger partial charge in [0.05, 0.1) is 17.3 Å². The zero-order valence-electron chi connectivity index (χ0n) is 27.9. The fraction of sp³-hybridized carbons (Fsp3) is 0.486. The van der Waals surface area contributed by atoms with Crippen molar-refractivity contribution in [3.8, 4) is 11.1 Å². The minimum Gasteiger partial charge on any atom is -0.381 e. The number of amides is 2. The van der Waals surface area contributed by atoms with Crippen LogP contribution in [-0.2, 0) is 37.2 Å². The van der Waals surface area contributed by atoms with Crippen LogP contribution in [0.1, 0.15) is 61.9 Å². The first-order chi connectivity index (χ1) is 22.9. The lowest BCUT2D eigenvalue weighted by atomic mass is 9.89. The number of hydrogen-bond donors (Lipinski definition) is 3. The Bertz CT molecular complexity index is 1670. The number of aromatic nitrogens is 3. The third-order valence-corrected chi connectivity index (χ3v) is 10.0. The average molecular weight is 658 g/mol. The molecule has 4 aromatic rings. The Labute approximate surface area is 283 Å². The molecule has 0 saturated carbocycles. The van der Waals surface area contributed by atoms with Crippen LogP contribution in [0, 0.1) is 5.92 Å². The molecule has 6 rings (SSSR count). The van der Waals surface area contributed by atoms with Crippen molar-refractivity contribution in [2.75, 3.05) is 38.7 Å². The first-order valence-electron chi connectivity index (χ1n) is 17.2. The number of urea groups is 1. The molecule has 0 aliphatic carbocycles. The van der Waals surface area contributed by atoms with E-state index in [0.29, 0.717) is 24.2 Å². The van der Waals surface area contributed by atoms with Gasteiger partial charge in [-0.15, -0.1) is 0 Å². The minimum absolute atomic E-state index is 0.231. The summed E-state index contributed by atoms with van der Waals surface area (Å²) in [6, 6.07) is 14.8. The molecule has 10 heteroatoms. The Kier molecular flexibility index (Phi) is 11.0. The molecule has 0 bridgehead atoms. The van der Waals surface area contributed by atoms with Crippen LogP contribution >= 0.6 is 11.6 Å². The lowest BCUT2D eigenvalue weighted by Crippen LogP contribution is -2.35. The summed E-state index contributed by atoms with van der Waals surface area (Å²) < 4.78 is 7.53. The first-order valence-corrected chi connectivity index (χ1v) is 17.6. The zero-order valence-corrected chi connectivity index (χ0v) is 28.7. The average Bonchev–Trinajstić information content (AvgIpc) is 3.51. The number of pyridine rings is 1. The van der Waals surface area contributed by atoms with Crippen LogP contribution in [0.3, 0.4) is 0 Å². The van der Waals surface area contributed by atoms with Gasteiger partial charge in [0, 0.05) is 60.7 Å². The van der Waals surface area contributed by atoms with Gasteiger partial charge in [-0.05, 0) is 100 Å². The van der Waals surface area contributed by atoms with Gasteiger partial charge in [-0.3, -0.25) is 0 Å². The molecule has 0 atom stereocenters. The number of piperidine rings is 1. The molecule has 47 heavy (non-hydrogen) atoms. The fourth-order valence-electron chi connectivity index (χ4n) is 6.88. The van der Waals surface area contributed by atoms with E-state index in [9.17, 15) is 4.79 Å². The Balaban J connectivity index is 1.13. The molecule has 0 spiro atoms. The lowest BCUT2D eigenvalue weighted by Gasteiger charge is -2.29. The Morgan fingerprint density at radius 2 is 1.79 bits per heavy atom. The maximum atomic E-state index is 13.2. The highest BCUT2D eigenvalue weighted by Crippen LogP contribution is 2.32. The number of carbonyl (C=O) groups is 1. The van der Waals surface area contributed by atoms with E-state index in [1.165, 1.54) is 31.5 Å². The maximum Gasteiger partial charge on any atom is 0.315 e. The van der Waals surface area contributed by atoms with Gasteiger partial charge in [-0.1, -0.05) is 48.9 Å². The second kappa shape index (κ2) is 15.5. The van der Waals surface area contributed by atoms with Crippen LogP contribution in [-0.4, -0.2) is 65.1 Å². The molecule has 250 valence electrons. The number of rotatable bonds is 11. The van der Waals surface area contributed by atoms with Gasteiger partial charge in [0.2, 0.25) is 0 Å². The van der Waals surface area contributed by atoms with Gasteiger partial charge >= 0.3 is 6.03 Å². The van der Waals surface area contributed by atoms with Gasteiger partial charge in [0.25, 0.3) is 0 Å². The van der Waals surface area contributed by atoms with Crippen LogP contribution in [0.2, 0.25) is 5.02 Å². The topological polar surface area (TPSA) is 96.3 Å². The predicted octanol–water partition coefficient (Wildman–Crippen LogP) is 6.81. The van der Waals surface area contributed by atoms with Gasteiger partial charge in [-0.25, -0.2) is 14.5 Å². The molecule has 2 aromatic heterocycles. The lowest BCUT2D eigenvalue weighted by molar-refractivity contribution is 0.0904. The summed E-state index contributed by atoms with van der Waals surface area (Å²) in [6.45, 7) is 9.49. The van der Waals surface area contributed by atoms with Crippen molar-refractivity contribution in [2.45, 2.75) is 78.0 Å². The molecule has 2 amide bonds. The molecule has 0 unspecified atom stereocenters. The van der Waals surface area contributed by atoms with Gasteiger partial charge in [-0.2, -0.15) is 5.10 Å². The highest BCUT2D eigenvalue weighted by atomic mass is 35.5. The van der Waals surface area contributed by atoms with Crippen LogP contribution in [0.25, 0.3) is 22.2 Å². The van der Waals surface area contributed by atoms with Crippen molar-refractivity contribution < 1.29 is 9.53 Å². The van der Waals surface area contributed by atoms with Crippen LogP contribution in [0.4, 0.5) is 10.5 Å². The summed E-state index contributed by atoms with van der Waals surface area (Å²) in [7, 11) is 2.20. The van der Waals surface area contributed by atoms with Crippen molar-refractivity contribution in [1.29, 1.82) is 0 Å². The van der Waals surface area contributed by atoms with E-state index in [2.05, 4.69) is 77.2 Å². The molecule has 4 heterocycles. The largest absolute Gasteiger partial charge is 0.381 e. The van der Waals surface area contributed by atoms with Crippen molar-refractivity contribution in [3.05, 3.63) is 76.1 Å². The molecule has 2 aliphatic heterocycles. The van der Waals surface area contributed by atoms with Crippen molar-refractivity contribution >= 4 is 34.4 Å².